The molecule has 0 atom stereocenters. The molecular formula is C12H27Cl3N4NdO7+5. The van der Waals surface area contributed by atoms with E-state index in [9.17, 15) is 9.59 Å². The molecule has 2 rings (SSSR count). The molecule has 11 nitrogen and oxygen atoms in total. The molecule has 2 aromatic heterocycles. The first-order valence-electron chi connectivity index (χ1n) is 5.03. The maximum absolute atomic E-state index is 10.4. The van der Waals surface area contributed by atoms with Crippen molar-refractivity contribution in [1.82, 2.24) is 9.97 Å². The van der Waals surface area contributed by atoms with Crippen LogP contribution in [0.4, 0.5) is 0 Å². The monoisotopic (exact) mass is 586 g/mol. The van der Waals surface area contributed by atoms with Crippen molar-refractivity contribution in [2.24, 2.45) is 11.5 Å². The zero-order valence-corrected chi connectivity index (χ0v) is 19.5. The third-order valence-electron chi connectivity index (χ3n) is 1.83. The number of rotatable bonds is 2. The summed E-state index contributed by atoms with van der Waals surface area (Å²) < 4.78 is 0. The van der Waals surface area contributed by atoms with Crippen LogP contribution in [0.2, 0.25) is 0 Å². The molecule has 2 aromatic rings. The van der Waals surface area contributed by atoms with E-state index in [1.54, 1.807) is 36.4 Å². The van der Waals surface area contributed by atoms with E-state index >= 15 is 0 Å². The fourth-order valence-electron chi connectivity index (χ4n) is 1.02. The summed E-state index contributed by atoms with van der Waals surface area (Å²) in [7, 11) is 0. The Morgan fingerprint density at radius 2 is 0.889 bits per heavy atom. The molecule has 2 heterocycles. The van der Waals surface area contributed by atoms with Crippen LogP contribution in [-0.2, 0) is 27.4 Å². The Hall–Kier alpha value is -0.739. The largest absolute Gasteiger partial charge is 3.00 e. The van der Waals surface area contributed by atoms with Gasteiger partial charge in [0, 0.05) is 12.4 Å². The normalized spacial score (nSPS) is 5.93. The number of primary amides is 2. The van der Waals surface area contributed by atoms with Gasteiger partial charge in [0.05, 0.1) is 0 Å². The fourth-order valence-corrected chi connectivity index (χ4v) is 1.02. The van der Waals surface area contributed by atoms with Gasteiger partial charge in [-0.2, -0.15) is 0 Å². The van der Waals surface area contributed by atoms with E-state index in [1.165, 1.54) is 12.4 Å². The molecule has 0 bridgehead atoms. The van der Waals surface area contributed by atoms with Gasteiger partial charge < -0.3 is 76.1 Å². The standard InChI is InChI=1S/2C6H6N2O.3ClH.Nd.5H2O/c2*7-6(9)5-3-1-2-4-8-5;;;;;;;;;/h2*1-4H,(H2,7,9);3*1H;;5*1H2/q;;;;;+3;;;;;/p+2. The Labute approximate surface area is 207 Å². The van der Waals surface area contributed by atoms with Crippen LogP contribution in [0.25, 0.3) is 0 Å². The molecule has 157 valence electrons. The number of nitrogens with zero attached hydrogens (tertiary/aromatic N) is 2. The van der Waals surface area contributed by atoms with E-state index in [0.29, 0.717) is 11.4 Å². The molecule has 15 heteroatoms. The van der Waals surface area contributed by atoms with Crippen LogP contribution in [-0.4, -0.2) is 21.8 Å². The summed E-state index contributed by atoms with van der Waals surface area (Å²) in [6, 6.07) is 10.0. The molecule has 0 saturated carbocycles. The molecule has 27 heavy (non-hydrogen) atoms. The van der Waals surface area contributed by atoms with Crippen molar-refractivity contribution in [2.45, 2.75) is 0 Å². The van der Waals surface area contributed by atoms with Gasteiger partial charge in [0.2, 0.25) is 0 Å². The molecule has 1 radical (unpaired) electrons. The van der Waals surface area contributed by atoms with Gasteiger partial charge in [-0.15, -0.1) is 0 Å². The molecule has 0 saturated heterocycles. The smallest absolute Gasteiger partial charge is 1.00 e. The maximum Gasteiger partial charge on any atom is 3.00 e. The summed E-state index contributed by atoms with van der Waals surface area (Å²) in [5.74, 6) is -0.980. The van der Waals surface area contributed by atoms with Crippen LogP contribution in [0.15, 0.2) is 48.8 Å². The fraction of sp³-hybridized carbons (Fsp3) is 0. The van der Waals surface area contributed by atoms with Crippen molar-refractivity contribution in [2.75, 3.05) is 0 Å². The van der Waals surface area contributed by atoms with Crippen molar-refractivity contribution in [1.29, 1.82) is 0 Å². The van der Waals surface area contributed by atoms with Gasteiger partial charge >= 0.3 is 40.8 Å². The maximum atomic E-state index is 10.4. The minimum atomic E-state index is -0.490. The molecule has 2 amide bonds. The first-order valence-corrected chi connectivity index (χ1v) is 5.03. The number of pyridine rings is 2. The quantitative estimate of drug-likeness (QED) is 0.322. The molecule has 0 fully saturated rings. The van der Waals surface area contributed by atoms with E-state index in [1.807, 2.05) is 0 Å². The number of hydrogen-bond donors (Lipinski definition) is 2. The first-order chi connectivity index (χ1) is 8.61. The van der Waals surface area contributed by atoms with E-state index in [2.05, 4.69) is 9.97 Å². The second-order valence-electron chi connectivity index (χ2n) is 3.16. The predicted molar refractivity (Wildman–Crippen MR) is 89.9 cm³/mol. The number of amides is 2. The van der Waals surface area contributed by atoms with Crippen LogP contribution in [0.3, 0.4) is 0 Å². The number of nitrogens with two attached hydrogens (primary N) is 2. The van der Waals surface area contributed by atoms with Gasteiger partial charge in [0.15, 0.2) is 0 Å². The van der Waals surface area contributed by atoms with Gasteiger partial charge in [-0.05, 0) is 24.3 Å². The van der Waals surface area contributed by atoms with E-state index < -0.39 is 11.8 Å². The zero-order chi connectivity index (χ0) is 13.4. The number of carbonyl (C=O) groups excluding carboxylic acids is 2. The Kier molecular flexibility index (Phi) is 68.5. The topological polar surface area (TPSA) is 277 Å². The second kappa shape index (κ2) is 32.9. The van der Waals surface area contributed by atoms with Gasteiger partial charge in [-0.25, -0.2) is 0 Å². The van der Waals surface area contributed by atoms with Crippen molar-refractivity contribution < 1.29 is 115 Å². The Bertz CT molecular complexity index is 496. The third-order valence-corrected chi connectivity index (χ3v) is 1.83. The van der Waals surface area contributed by atoms with Gasteiger partial charge in [0.25, 0.3) is 11.8 Å². The zero-order valence-electron chi connectivity index (χ0n) is 14.0. The molecule has 0 aliphatic heterocycles. The average molecular weight is 590 g/mol. The van der Waals surface area contributed by atoms with Gasteiger partial charge in [0.1, 0.15) is 11.4 Å². The van der Waals surface area contributed by atoms with E-state index in [-0.39, 0.29) is 105 Å². The summed E-state index contributed by atoms with van der Waals surface area (Å²) in [5.41, 5.74) is 10.4. The predicted octanol–water partition coefficient (Wildman–Crippen LogP) is -13.2. The van der Waals surface area contributed by atoms with Crippen LogP contribution >= 0.6 is 0 Å². The van der Waals surface area contributed by atoms with E-state index in [0.717, 1.165) is 0 Å². The molecule has 0 spiro atoms. The van der Waals surface area contributed by atoms with Crippen molar-refractivity contribution in [3.63, 3.8) is 0 Å². The summed E-state index contributed by atoms with van der Waals surface area (Å²) in [6.07, 6.45) is 3.06. The molecule has 0 aliphatic carbocycles. The van der Waals surface area contributed by atoms with Crippen LogP contribution in [0.5, 0.6) is 0 Å². The van der Waals surface area contributed by atoms with Crippen molar-refractivity contribution in [3.05, 3.63) is 60.2 Å². The number of halogens is 3. The van der Waals surface area contributed by atoms with Crippen LogP contribution in [0.1, 0.15) is 21.0 Å². The van der Waals surface area contributed by atoms with Crippen LogP contribution < -0.4 is 48.7 Å². The molecule has 0 aliphatic rings. The first kappa shape index (κ1) is 56.2. The van der Waals surface area contributed by atoms with Crippen molar-refractivity contribution in [3.8, 4) is 0 Å². The Balaban J connectivity index is -0.0000000257. The molecular weight excluding hydrogens is 563 g/mol. The van der Waals surface area contributed by atoms with Gasteiger partial charge in [-0.3, -0.25) is 19.6 Å². The van der Waals surface area contributed by atoms with Crippen LogP contribution in [0, 0.1) is 40.8 Å². The number of carbonyl (C=O) groups is 2. The minimum absolute atomic E-state index is 0. The van der Waals surface area contributed by atoms with Gasteiger partial charge in [-0.1, -0.05) is 12.1 Å². The Morgan fingerprint density at radius 3 is 1.00 bits per heavy atom. The summed E-state index contributed by atoms with van der Waals surface area (Å²) in [5, 5.41) is 0. The SMILES string of the molecule is NC(=O)c1ccccn1.NC(=O)c1ccccn1.[Cl-].[Cl-].[Cl-].[Nd+3].[OH3+].[OH3+].[OH3+].[OH3+].[OH3+]. The Morgan fingerprint density at radius 1 is 0.630 bits per heavy atom. The summed E-state index contributed by atoms with van der Waals surface area (Å²) in [6.45, 7) is 0. The summed E-state index contributed by atoms with van der Waals surface area (Å²) in [4.78, 5) is 28.1. The van der Waals surface area contributed by atoms with E-state index in [4.69, 9.17) is 11.5 Å². The second-order valence-corrected chi connectivity index (χ2v) is 3.16. The number of aromatic nitrogens is 2. The molecule has 0 aromatic carbocycles. The summed E-state index contributed by atoms with van der Waals surface area (Å²) >= 11 is 0. The van der Waals surface area contributed by atoms with Crippen molar-refractivity contribution >= 4 is 11.8 Å². The number of hydrogen-bond acceptors (Lipinski definition) is 4. The molecule has 0 unspecified atom stereocenters. The molecule has 19 N–H and O–H groups in total. The third kappa shape index (κ3) is 25.3. The average Bonchev–Trinajstić information content (AvgIpc) is 2.41. The minimum Gasteiger partial charge on any atom is -1.00 e.